The molecule has 0 bridgehead atoms. The highest BCUT2D eigenvalue weighted by molar-refractivity contribution is 7.99. The molecule has 1 saturated carbocycles. The molecule has 0 atom stereocenters. The predicted octanol–water partition coefficient (Wildman–Crippen LogP) is 3.29. The van der Waals surface area contributed by atoms with Gasteiger partial charge in [-0.05, 0) is 31.9 Å². The van der Waals surface area contributed by atoms with Crippen LogP contribution in [0, 0.1) is 6.92 Å². The van der Waals surface area contributed by atoms with E-state index in [-0.39, 0.29) is 5.75 Å². The van der Waals surface area contributed by atoms with E-state index in [1.165, 1.54) is 19.3 Å². The van der Waals surface area contributed by atoms with Crippen LogP contribution in [0.4, 0.5) is 0 Å². The molecule has 0 aromatic carbocycles. The monoisotopic (exact) mass is 348 g/mol. The second-order valence-electron chi connectivity index (χ2n) is 5.86. The van der Waals surface area contributed by atoms with Gasteiger partial charge in [-0.25, -0.2) is 0 Å². The van der Waals surface area contributed by atoms with Gasteiger partial charge < -0.3 is 9.52 Å². The summed E-state index contributed by atoms with van der Waals surface area (Å²) in [4.78, 5) is 10.8. The molecule has 1 fully saturated rings. The largest absolute Gasteiger partial charge is 0.481 e. The van der Waals surface area contributed by atoms with Crippen molar-refractivity contribution >= 4 is 23.9 Å². The lowest BCUT2D eigenvalue weighted by Crippen LogP contribution is -2.11. The summed E-state index contributed by atoms with van der Waals surface area (Å²) in [5.41, 5.74) is 0. The minimum Gasteiger partial charge on any atom is -0.481 e. The van der Waals surface area contributed by atoms with E-state index in [2.05, 4.69) is 15.3 Å². The van der Waals surface area contributed by atoms with Crippen LogP contribution < -0.4 is 0 Å². The molecule has 1 N–H and O–H groups in total. The van der Waals surface area contributed by atoms with Crippen LogP contribution in [0.5, 0.6) is 0 Å². The second-order valence-corrected chi connectivity index (χ2v) is 6.81. The number of aryl methyl sites for hydroxylation is 1. The number of furan rings is 1. The van der Waals surface area contributed by atoms with Crippen molar-refractivity contribution in [1.82, 2.24) is 14.9 Å². The summed E-state index contributed by atoms with van der Waals surface area (Å²) in [5, 5.41) is 22.3. The van der Waals surface area contributed by atoms with Crippen LogP contribution in [-0.2, 0) is 4.79 Å². The van der Waals surface area contributed by atoms with Crippen LogP contribution in [-0.4, -0.2) is 37.9 Å². The van der Waals surface area contributed by atoms with Gasteiger partial charge in [0, 0.05) is 5.92 Å². The number of aromatic nitrogens is 3. The first kappa shape index (κ1) is 16.8. The Morgan fingerprint density at radius 3 is 2.88 bits per heavy atom. The van der Waals surface area contributed by atoms with Gasteiger partial charge in [0.05, 0.1) is 12.0 Å². The Kier molecular flexibility index (Phi) is 5.34. The second kappa shape index (κ2) is 7.65. The Labute approximate surface area is 144 Å². The summed E-state index contributed by atoms with van der Waals surface area (Å²) in [5.74, 6) is 1.62. The zero-order valence-electron chi connectivity index (χ0n) is 13.5. The first-order chi connectivity index (χ1) is 11.6. The third-order valence-corrected chi connectivity index (χ3v) is 4.90. The molecule has 0 unspecified atom stereocenters. The molecule has 0 aliphatic heterocycles. The molecule has 2 heterocycles. The standard InChI is InChI=1S/C16H20N4O3S/c1-11-7-8-13(23-11)9-17-20-15(12-5-3-2-4-6-12)18-19-16(20)24-10-14(21)22/h7-9,12H,2-6,10H2,1H3,(H,21,22)/b17-9-. The van der Waals surface area contributed by atoms with Crippen molar-refractivity contribution in [1.29, 1.82) is 0 Å². The Morgan fingerprint density at radius 1 is 1.42 bits per heavy atom. The first-order valence-corrected chi connectivity index (χ1v) is 9.03. The van der Waals surface area contributed by atoms with E-state index < -0.39 is 5.97 Å². The zero-order valence-corrected chi connectivity index (χ0v) is 14.3. The lowest BCUT2D eigenvalue weighted by Gasteiger charge is -2.20. The molecule has 0 amide bonds. The van der Waals surface area contributed by atoms with Crippen LogP contribution in [0.2, 0.25) is 0 Å². The topological polar surface area (TPSA) is 93.5 Å². The molecule has 0 saturated heterocycles. The van der Waals surface area contributed by atoms with Crippen molar-refractivity contribution < 1.29 is 14.3 Å². The predicted molar refractivity (Wildman–Crippen MR) is 90.6 cm³/mol. The Hall–Kier alpha value is -2.09. The molecule has 7 nitrogen and oxygen atoms in total. The van der Waals surface area contributed by atoms with E-state index in [9.17, 15) is 4.79 Å². The highest BCUT2D eigenvalue weighted by Gasteiger charge is 2.23. The van der Waals surface area contributed by atoms with Crippen molar-refractivity contribution in [2.24, 2.45) is 5.10 Å². The van der Waals surface area contributed by atoms with Gasteiger partial charge in [-0.3, -0.25) is 4.79 Å². The number of carbonyl (C=O) groups is 1. The molecular weight excluding hydrogens is 328 g/mol. The minimum absolute atomic E-state index is 0.0712. The number of hydrogen-bond donors (Lipinski definition) is 1. The average molecular weight is 348 g/mol. The highest BCUT2D eigenvalue weighted by atomic mass is 32.2. The van der Waals surface area contributed by atoms with Crippen LogP contribution in [0.3, 0.4) is 0 Å². The molecule has 128 valence electrons. The van der Waals surface area contributed by atoms with Crippen LogP contribution in [0.25, 0.3) is 0 Å². The van der Waals surface area contributed by atoms with Crippen LogP contribution >= 0.6 is 11.8 Å². The van der Waals surface area contributed by atoms with Gasteiger partial charge in [-0.1, -0.05) is 31.0 Å². The molecule has 0 radical (unpaired) electrons. The number of nitrogens with zero attached hydrogens (tertiary/aromatic N) is 4. The maximum Gasteiger partial charge on any atom is 0.313 e. The van der Waals surface area contributed by atoms with Crippen molar-refractivity contribution in [2.75, 3.05) is 5.75 Å². The van der Waals surface area contributed by atoms with Crippen molar-refractivity contribution in [2.45, 2.75) is 50.1 Å². The molecule has 3 rings (SSSR count). The third kappa shape index (κ3) is 4.05. The molecule has 2 aromatic rings. The average Bonchev–Trinajstić information content (AvgIpc) is 3.17. The van der Waals surface area contributed by atoms with Gasteiger partial charge in [0.1, 0.15) is 11.5 Å². The van der Waals surface area contributed by atoms with Gasteiger partial charge in [-0.2, -0.15) is 9.78 Å². The highest BCUT2D eigenvalue weighted by Crippen LogP contribution is 2.33. The fraction of sp³-hybridized carbons (Fsp3) is 0.500. The van der Waals surface area contributed by atoms with E-state index in [0.29, 0.717) is 16.8 Å². The maximum absolute atomic E-state index is 10.8. The van der Waals surface area contributed by atoms with Crippen molar-refractivity contribution in [3.63, 3.8) is 0 Å². The van der Waals surface area contributed by atoms with Gasteiger partial charge in [-0.15, -0.1) is 10.2 Å². The van der Waals surface area contributed by atoms with E-state index in [0.717, 1.165) is 36.2 Å². The van der Waals surface area contributed by atoms with E-state index in [1.807, 2.05) is 19.1 Å². The van der Waals surface area contributed by atoms with Crippen molar-refractivity contribution in [3.05, 3.63) is 29.5 Å². The van der Waals surface area contributed by atoms with Gasteiger partial charge in [0.2, 0.25) is 5.16 Å². The normalized spacial score (nSPS) is 16.0. The number of aliphatic carboxylic acids is 1. The SMILES string of the molecule is Cc1ccc(/C=N\n2c(SCC(=O)O)nnc2C2CCCCC2)o1. The number of thioether (sulfide) groups is 1. The maximum atomic E-state index is 10.8. The summed E-state index contributed by atoms with van der Waals surface area (Å²) >= 11 is 1.13. The smallest absolute Gasteiger partial charge is 0.313 e. The fourth-order valence-corrected chi connectivity index (χ4v) is 3.47. The summed E-state index contributed by atoms with van der Waals surface area (Å²) in [6.07, 6.45) is 7.36. The Morgan fingerprint density at radius 2 is 2.21 bits per heavy atom. The van der Waals surface area contributed by atoms with Gasteiger partial charge >= 0.3 is 5.97 Å². The van der Waals surface area contributed by atoms with Gasteiger partial charge in [0.25, 0.3) is 0 Å². The number of carboxylic acid groups (broad SMARTS) is 1. The Bertz CT molecular complexity index is 732. The van der Waals surface area contributed by atoms with E-state index in [4.69, 9.17) is 9.52 Å². The van der Waals surface area contributed by atoms with Crippen LogP contribution in [0.1, 0.15) is 55.4 Å². The first-order valence-electron chi connectivity index (χ1n) is 8.04. The summed E-state index contributed by atoms with van der Waals surface area (Å²) in [7, 11) is 0. The molecular formula is C16H20N4O3S. The third-order valence-electron chi connectivity index (χ3n) is 3.99. The molecule has 1 aliphatic carbocycles. The molecule has 0 spiro atoms. The summed E-state index contributed by atoms with van der Waals surface area (Å²) in [6.45, 7) is 1.87. The molecule has 24 heavy (non-hydrogen) atoms. The number of rotatable bonds is 6. The molecule has 2 aromatic heterocycles. The lowest BCUT2D eigenvalue weighted by atomic mass is 9.89. The number of carboxylic acids is 1. The number of hydrogen-bond acceptors (Lipinski definition) is 6. The quantitative estimate of drug-likeness (QED) is 0.636. The lowest BCUT2D eigenvalue weighted by molar-refractivity contribution is -0.133. The summed E-state index contributed by atoms with van der Waals surface area (Å²) in [6, 6.07) is 3.71. The van der Waals surface area contributed by atoms with Crippen LogP contribution in [0.15, 0.2) is 26.8 Å². The van der Waals surface area contributed by atoms with Crippen molar-refractivity contribution in [3.8, 4) is 0 Å². The van der Waals surface area contributed by atoms with E-state index >= 15 is 0 Å². The van der Waals surface area contributed by atoms with Gasteiger partial charge in [0.15, 0.2) is 5.82 Å². The Balaban J connectivity index is 1.87. The molecule has 1 aliphatic rings. The zero-order chi connectivity index (χ0) is 16.9. The minimum atomic E-state index is -0.889. The fourth-order valence-electron chi connectivity index (χ4n) is 2.85. The summed E-state index contributed by atoms with van der Waals surface area (Å²) < 4.78 is 7.17. The van der Waals surface area contributed by atoms with E-state index in [1.54, 1.807) is 10.9 Å². The molecule has 8 heteroatoms.